The molecule has 1 rings (SSSR count). The number of hydrogen-bond donors (Lipinski definition) is 2. The zero-order valence-corrected chi connectivity index (χ0v) is 11.8. The van der Waals surface area contributed by atoms with Crippen molar-refractivity contribution in [2.24, 2.45) is 11.7 Å². The summed E-state index contributed by atoms with van der Waals surface area (Å²) in [5, 5.41) is 2.86. The van der Waals surface area contributed by atoms with Crippen molar-refractivity contribution in [3.8, 4) is 0 Å². The van der Waals surface area contributed by atoms with Gasteiger partial charge in [-0.25, -0.2) is 0 Å². The number of carbonyl (C=O) groups excluding carboxylic acids is 1. The highest BCUT2D eigenvalue weighted by Gasteiger charge is 2.17. The third kappa shape index (κ3) is 5.80. The molecule has 1 amide bonds. The molecule has 0 bridgehead atoms. The molecular formula is C13H28N4O. The number of carbonyl (C=O) groups is 1. The Hall–Kier alpha value is -0.650. The van der Waals surface area contributed by atoms with E-state index in [4.69, 9.17) is 5.73 Å². The van der Waals surface area contributed by atoms with Gasteiger partial charge < -0.3 is 16.0 Å². The van der Waals surface area contributed by atoms with E-state index in [-0.39, 0.29) is 5.91 Å². The standard InChI is InChI=1S/C13H28N4O/c1-3-15-13(18)11-17-6-4-5-16(7-8-17)10-12(2)9-14/h12H,3-11,14H2,1-2H3,(H,15,18). The van der Waals surface area contributed by atoms with Crippen molar-refractivity contribution >= 4 is 5.91 Å². The highest BCUT2D eigenvalue weighted by molar-refractivity contribution is 5.77. The second-order valence-corrected chi connectivity index (χ2v) is 5.22. The van der Waals surface area contributed by atoms with E-state index in [9.17, 15) is 4.79 Å². The van der Waals surface area contributed by atoms with Crippen LogP contribution in [0.3, 0.4) is 0 Å². The van der Waals surface area contributed by atoms with Gasteiger partial charge in [0.15, 0.2) is 0 Å². The summed E-state index contributed by atoms with van der Waals surface area (Å²) in [6, 6.07) is 0. The van der Waals surface area contributed by atoms with Crippen LogP contribution in [-0.4, -0.2) is 68.1 Å². The van der Waals surface area contributed by atoms with Crippen LogP contribution < -0.4 is 11.1 Å². The molecule has 0 aliphatic carbocycles. The van der Waals surface area contributed by atoms with Gasteiger partial charge in [0, 0.05) is 26.2 Å². The van der Waals surface area contributed by atoms with E-state index in [0.717, 1.165) is 45.7 Å². The predicted molar refractivity (Wildman–Crippen MR) is 74.4 cm³/mol. The summed E-state index contributed by atoms with van der Waals surface area (Å²) in [6.45, 7) is 11.4. The Kier molecular flexibility index (Phi) is 7.23. The Balaban J connectivity index is 2.29. The van der Waals surface area contributed by atoms with Crippen molar-refractivity contribution in [2.45, 2.75) is 20.3 Å². The van der Waals surface area contributed by atoms with E-state index < -0.39 is 0 Å². The molecule has 18 heavy (non-hydrogen) atoms. The zero-order valence-electron chi connectivity index (χ0n) is 11.8. The minimum Gasteiger partial charge on any atom is -0.355 e. The molecule has 1 fully saturated rings. The molecule has 0 spiro atoms. The summed E-state index contributed by atoms with van der Waals surface area (Å²) in [4.78, 5) is 16.3. The van der Waals surface area contributed by atoms with Gasteiger partial charge in [-0.1, -0.05) is 6.92 Å². The lowest BCUT2D eigenvalue weighted by Gasteiger charge is -2.23. The molecule has 106 valence electrons. The normalized spacial score (nSPS) is 20.4. The average molecular weight is 256 g/mol. The van der Waals surface area contributed by atoms with Crippen molar-refractivity contribution in [3.63, 3.8) is 0 Å². The van der Waals surface area contributed by atoms with Crippen LogP contribution in [0.5, 0.6) is 0 Å². The molecule has 0 aromatic rings. The summed E-state index contributed by atoms with van der Waals surface area (Å²) < 4.78 is 0. The Morgan fingerprint density at radius 1 is 1.28 bits per heavy atom. The average Bonchev–Trinajstić information content (AvgIpc) is 2.55. The molecule has 0 saturated carbocycles. The topological polar surface area (TPSA) is 61.6 Å². The molecular weight excluding hydrogens is 228 g/mol. The summed E-state index contributed by atoms with van der Waals surface area (Å²) >= 11 is 0. The largest absolute Gasteiger partial charge is 0.355 e. The molecule has 1 aliphatic heterocycles. The number of nitrogens with one attached hydrogen (secondary N) is 1. The summed E-state index contributed by atoms with van der Waals surface area (Å²) in [7, 11) is 0. The van der Waals surface area contributed by atoms with Crippen molar-refractivity contribution in [2.75, 3.05) is 52.4 Å². The maximum atomic E-state index is 11.5. The molecule has 0 aromatic heterocycles. The minimum atomic E-state index is 0.140. The number of likely N-dealkylation sites (N-methyl/N-ethyl adjacent to an activating group) is 1. The van der Waals surface area contributed by atoms with E-state index in [0.29, 0.717) is 19.0 Å². The van der Waals surface area contributed by atoms with Crippen LogP contribution in [0.2, 0.25) is 0 Å². The van der Waals surface area contributed by atoms with Crippen LogP contribution in [0.4, 0.5) is 0 Å². The van der Waals surface area contributed by atoms with Crippen LogP contribution in [0, 0.1) is 5.92 Å². The van der Waals surface area contributed by atoms with Crippen LogP contribution in [0.25, 0.3) is 0 Å². The van der Waals surface area contributed by atoms with Crippen LogP contribution in [0.1, 0.15) is 20.3 Å². The van der Waals surface area contributed by atoms with E-state index in [1.165, 1.54) is 0 Å². The second-order valence-electron chi connectivity index (χ2n) is 5.22. The second kappa shape index (κ2) is 8.45. The van der Waals surface area contributed by atoms with Crippen LogP contribution in [0.15, 0.2) is 0 Å². The summed E-state index contributed by atoms with van der Waals surface area (Å²) in [6.07, 6.45) is 1.14. The highest BCUT2D eigenvalue weighted by Crippen LogP contribution is 2.05. The van der Waals surface area contributed by atoms with Gasteiger partial charge in [-0.2, -0.15) is 0 Å². The summed E-state index contributed by atoms with van der Waals surface area (Å²) in [5.74, 6) is 0.696. The highest BCUT2D eigenvalue weighted by atomic mass is 16.2. The number of rotatable bonds is 6. The van der Waals surface area contributed by atoms with E-state index in [2.05, 4.69) is 22.0 Å². The summed E-state index contributed by atoms with van der Waals surface area (Å²) in [5.41, 5.74) is 5.66. The predicted octanol–water partition coefficient (Wildman–Crippen LogP) is -0.275. The first-order valence-corrected chi connectivity index (χ1v) is 7.07. The van der Waals surface area contributed by atoms with Gasteiger partial charge in [-0.3, -0.25) is 9.69 Å². The number of amides is 1. The lowest BCUT2D eigenvalue weighted by Crippen LogP contribution is -2.39. The Labute approximate surface area is 111 Å². The molecule has 1 aliphatic rings. The van der Waals surface area contributed by atoms with Gasteiger partial charge in [-0.15, -0.1) is 0 Å². The zero-order chi connectivity index (χ0) is 13.4. The first-order chi connectivity index (χ1) is 8.65. The number of hydrogen-bond acceptors (Lipinski definition) is 4. The lowest BCUT2D eigenvalue weighted by atomic mass is 10.1. The Morgan fingerprint density at radius 3 is 2.61 bits per heavy atom. The van der Waals surface area contributed by atoms with Crippen LogP contribution >= 0.6 is 0 Å². The van der Waals surface area contributed by atoms with Crippen molar-refractivity contribution in [3.05, 3.63) is 0 Å². The van der Waals surface area contributed by atoms with Crippen molar-refractivity contribution < 1.29 is 4.79 Å². The number of nitrogens with zero attached hydrogens (tertiary/aromatic N) is 2. The van der Waals surface area contributed by atoms with E-state index >= 15 is 0 Å². The van der Waals surface area contributed by atoms with Gasteiger partial charge in [0.1, 0.15) is 0 Å². The Morgan fingerprint density at radius 2 is 1.94 bits per heavy atom. The molecule has 1 heterocycles. The molecule has 0 radical (unpaired) electrons. The van der Waals surface area contributed by atoms with Gasteiger partial charge in [-0.05, 0) is 38.9 Å². The molecule has 1 atom stereocenters. The molecule has 1 unspecified atom stereocenters. The van der Waals surface area contributed by atoms with Gasteiger partial charge in [0.25, 0.3) is 0 Å². The van der Waals surface area contributed by atoms with E-state index in [1.807, 2.05) is 6.92 Å². The van der Waals surface area contributed by atoms with Crippen molar-refractivity contribution in [1.82, 2.24) is 15.1 Å². The SMILES string of the molecule is CCNC(=O)CN1CCCN(CC(C)CN)CC1. The third-order valence-electron chi connectivity index (χ3n) is 3.39. The molecule has 0 aromatic carbocycles. The van der Waals surface area contributed by atoms with Gasteiger partial charge in [0.2, 0.25) is 5.91 Å². The van der Waals surface area contributed by atoms with E-state index in [1.54, 1.807) is 0 Å². The van der Waals surface area contributed by atoms with Crippen molar-refractivity contribution in [1.29, 1.82) is 0 Å². The smallest absolute Gasteiger partial charge is 0.234 e. The quantitative estimate of drug-likeness (QED) is 0.686. The van der Waals surface area contributed by atoms with Gasteiger partial charge in [0.05, 0.1) is 6.54 Å². The fraction of sp³-hybridized carbons (Fsp3) is 0.923. The third-order valence-corrected chi connectivity index (χ3v) is 3.39. The molecule has 5 heteroatoms. The number of nitrogens with two attached hydrogens (primary N) is 1. The molecule has 3 N–H and O–H groups in total. The fourth-order valence-corrected chi connectivity index (χ4v) is 2.34. The monoisotopic (exact) mass is 256 g/mol. The first-order valence-electron chi connectivity index (χ1n) is 7.07. The van der Waals surface area contributed by atoms with Crippen LogP contribution in [-0.2, 0) is 4.79 Å². The minimum absolute atomic E-state index is 0.140. The fourth-order valence-electron chi connectivity index (χ4n) is 2.34. The molecule has 5 nitrogen and oxygen atoms in total. The Bertz CT molecular complexity index is 247. The first kappa shape index (κ1) is 15.4. The maximum absolute atomic E-state index is 11.5. The lowest BCUT2D eigenvalue weighted by molar-refractivity contribution is -0.122. The molecule has 1 saturated heterocycles. The maximum Gasteiger partial charge on any atom is 0.234 e. The van der Waals surface area contributed by atoms with Gasteiger partial charge >= 0.3 is 0 Å².